The minimum absolute atomic E-state index is 0.122. The Morgan fingerprint density at radius 1 is 1.04 bits per heavy atom. The number of rotatable bonds is 5. The first-order valence-corrected chi connectivity index (χ1v) is 9.38. The van der Waals surface area contributed by atoms with Crippen LogP contribution in [0, 0.1) is 0 Å². The fourth-order valence-electron chi connectivity index (χ4n) is 2.00. The fraction of sp³-hybridized carbons (Fsp3) is 0.375. The van der Waals surface area contributed by atoms with Gasteiger partial charge >= 0.3 is 0 Å². The molecule has 8 heteroatoms. The minimum atomic E-state index is -0.122. The number of hydrogen-bond acceptors (Lipinski definition) is 8. The molecule has 0 amide bonds. The number of anilines is 2. The van der Waals surface area contributed by atoms with Gasteiger partial charge in [-0.2, -0.15) is 15.0 Å². The molecule has 0 saturated heterocycles. The lowest BCUT2D eigenvalue weighted by Crippen LogP contribution is -2.27. The van der Waals surface area contributed by atoms with Gasteiger partial charge < -0.3 is 10.6 Å². The first-order chi connectivity index (χ1) is 11.4. The van der Waals surface area contributed by atoms with E-state index in [1.165, 1.54) is 11.8 Å². The quantitative estimate of drug-likeness (QED) is 0.703. The summed E-state index contributed by atoms with van der Waals surface area (Å²) in [5.74, 6) is 1.14. The molecular weight excluding hydrogens is 340 g/mol. The van der Waals surface area contributed by atoms with Crippen molar-refractivity contribution < 1.29 is 0 Å². The summed E-state index contributed by atoms with van der Waals surface area (Å²) in [7, 11) is 0. The zero-order chi connectivity index (χ0) is 17.2. The summed E-state index contributed by atoms with van der Waals surface area (Å²) in [6, 6.07) is 8.10. The number of thiazole rings is 1. The Balaban J connectivity index is 1.90. The molecule has 2 N–H and O–H groups in total. The van der Waals surface area contributed by atoms with Gasteiger partial charge in [0, 0.05) is 12.1 Å². The highest BCUT2D eigenvalue weighted by atomic mass is 32.2. The number of para-hydroxylation sites is 1. The highest BCUT2D eigenvalue weighted by Gasteiger charge is 2.15. The second kappa shape index (κ2) is 6.90. The maximum absolute atomic E-state index is 4.63. The summed E-state index contributed by atoms with van der Waals surface area (Å²) in [6.07, 6.45) is 0. The second-order valence-corrected chi connectivity index (χ2v) is 8.47. The predicted octanol–water partition coefficient (Wildman–Crippen LogP) is 4.27. The van der Waals surface area contributed by atoms with Crippen molar-refractivity contribution in [2.24, 2.45) is 0 Å². The molecule has 6 nitrogen and oxygen atoms in total. The lowest BCUT2D eigenvalue weighted by Gasteiger charge is -2.20. The lowest BCUT2D eigenvalue weighted by molar-refractivity contribution is 0.622. The topological polar surface area (TPSA) is 75.6 Å². The molecule has 0 radical (unpaired) electrons. The number of nitrogens with zero attached hydrogens (tertiary/aromatic N) is 4. The molecule has 0 aliphatic rings. The molecule has 126 valence electrons. The fourth-order valence-corrected chi connectivity index (χ4v) is 3.92. The van der Waals surface area contributed by atoms with Crippen LogP contribution in [0.25, 0.3) is 10.2 Å². The Labute approximate surface area is 149 Å². The van der Waals surface area contributed by atoms with Crippen LogP contribution in [-0.2, 0) is 0 Å². The molecule has 0 fully saturated rings. The van der Waals surface area contributed by atoms with E-state index in [-0.39, 0.29) is 5.54 Å². The van der Waals surface area contributed by atoms with Gasteiger partial charge in [0.2, 0.25) is 17.1 Å². The molecule has 0 aliphatic heterocycles. The van der Waals surface area contributed by atoms with Gasteiger partial charge in [0.15, 0.2) is 4.34 Å². The van der Waals surface area contributed by atoms with Gasteiger partial charge in [0.05, 0.1) is 10.2 Å². The Morgan fingerprint density at radius 3 is 2.50 bits per heavy atom. The Kier molecular flexibility index (Phi) is 4.86. The normalized spacial score (nSPS) is 11.7. The van der Waals surface area contributed by atoms with Crippen LogP contribution in [-0.4, -0.2) is 32.0 Å². The molecule has 24 heavy (non-hydrogen) atoms. The molecule has 0 aliphatic carbocycles. The summed E-state index contributed by atoms with van der Waals surface area (Å²) >= 11 is 3.10. The molecular formula is C16H20N6S2. The highest BCUT2D eigenvalue weighted by Crippen LogP contribution is 2.33. The molecule has 0 atom stereocenters. The van der Waals surface area contributed by atoms with E-state index in [9.17, 15) is 0 Å². The molecule has 3 rings (SSSR count). The molecule has 0 spiro atoms. The van der Waals surface area contributed by atoms with Gasteiger partial charge in [-0.05, 0) is 51.6 Å². The summed E-state index contributed by atoms with van der Waals surface area (Å²) in [6.45, 7) is 8.99. The van der Waals surface area contributed by atoms with Crippen LogP contribution in [0.2, 0.25) is 0 Å². The van der Waals surface area contributed by atoms with E-state index in [0.717, 1.165) is 21.1 Å². The van der Waals surface area contributed by atoms with Crippen molar-refractivity contribution in [3.8, 4) is 0 Å². The smallest absolute Gasteiger partial charge is 0.228 e. The molecule has 3 aromatic rings. The first kappa shape index (κ1) is 16.9. The third kappa shape index (κ3) is 4.33. The van der Waals surface area contributed by atoms with Gasteiger partial charge in [-0.3, -0.25) is 0 Å². The van der Waals surface area contributed by atoms with E-state index < -0.39 is 0 Å². The van der Waals surface area contributed by atoms with Crippen molar-refractivity contribution in [3.05, 3.63) is 24.3 Å². The van der Waals surface area contributed by atoms with Crippen molar-refractivity contribution in [3.63, 3.8) is 0 Å². The van der Waals surface area contributed by atoms with E-state index in [1.807, 2.05) is 25.1 Å². The molecule has 2 aromatic heterocycles. The predicted molar refractivity (Wildman–Crippen MR) is 101 cm³/mol. The third-order valence-electron chi connectivity index (χ3n) is 2.89. The van der Waals surface area contributed by atoms with Gasteiger partial charge in [0.1, 0.15) is 0 Å². The maximum Gasteiger partial charge on any atom is 0.228 e. The lowest BCUT2D eigenvalue weighted by atomic mass is 10.1. The Morgan fingerprint density at radius 2 is 1.79 bits per heavy atom. The second-order valence-electron chi connectivity index (χ2n) is 6.22. The average Bonchev–Trinajstić information content (AvgIpc) is 2.87. The third-order valence-corrected chi connectivity index (χ3v) is 4.85. The molecule has 0 saturated carbocycles. The van der Waals surface area contributed by atoms with Gasteiger partial charge in [-0.25, -0.2) is 4.98 Å². The summed E-state index contributed by atoms with van der Waals surface area (Å²) < 4.78 is 2.08. The monoisotopic (exact) mass is 360 g/mol. The summed E-state index contributed by atoms with van der Waals surface area (Å²) in [5, 5.41) is 7.09. The van der Waals surface area contributed by atoms with Crippen LogP contribution in [0.5, 0.6) is 0 Å². The van der Waals surface area contributed by atoms with Gasteiger partial charge in [0.25, 0.3) is 0 Å². The molecule has 2 heterocycles. The number of hydrogen-bond donors (Lipinski definition) is 2. The number of nitrogens with one attached hydrogen (secondary N) is 2. The van der Waals surface area contributed by atoms with Crippen molar-refractivity contribution in [1.29, 1.82) is 0 Å². The summed E-state index contributed by atoms with van der Waals surface area (Å²) in [5.41, 5.74) is 0.877. The van der Waals surface area contributed by atoms with Crippen molar-refractivity contribution >= 4 is 45.2 Å². The van der Waals surface area contributed by atoms with Crippen molar-refractivity contribution in [1.82, 2.24) is 19.9 Å². The minimum Gasteiger partial charge on any atom is -0.354 e. The van der Waals surface area contributed by atoms with Crippen LogP contribution < -0.4 is 10.6 Å². The Hall–Kier alpha value is -1.93. The number of fused-ring (bicyclic) bond motifs is 1. The molecule has 0 bridgehead atoms. The average molecular weight is 361 g/mol. The van der Waals surface area contributed by atoms with Crippen LogP contribution in [0.15, 0.2) is 33.8 Å². The summed E-state index contributed by atoms with van der Waals surface area (Å²) in [4.78, 5) is 18.0. The largest absolute Gasteiger partial charge is 0.354 e. The molecule has 1 aromatic carbocycles. The van der Waals surface area contributed by atoms with Crippen LogP contribution >= 0.6 is 23.1 Å². The molecule has 0 unspecified atom stereocenters. The van der Waals surface area contributed by atoms with E-state index in [2.05, 4.69) is 57.4 Å². The van der Waals surface area contributed by atoms with Crippen LogP contribution in [0.4, 0.5) is 11.9 Å². The van der Waals surface area contributed by atoms with Crippen LogP contribution in [0.1, 0.15) is 27.7 Å². The zero-order valence-electron chi connectivity index (χ0n) is 14.1. The van der Waals surface area contributed by atoms with Crippen molar-refractivity contribution in [2.45, 2.75) is 42.7 Å². The standard InChI is InChI=1S/C16H20N6S2/c1-5-17-12-19-13(22-16(2,3)4)21-14(20-12)24-15-18-10-8-6-7-9-11(10)23-15/h6-9H,5H2,1-4H3,(H2,17,19,20,21,22). The van der Waals surface area contributed by atoms with E-state index in [4.69, 9.17) is 0 Å². The number of benzene rings is 1. The maximum atomic E-state index is 4.63. The van der Waals surface area contributed by atoms with Crippen molar-refractivity contribution in [2.75, 3.05) is 17.2 Å². The van der Waals surface area contributed by atoms with E-state index in [1.54, 1.807) is 11.3 Å². The zero-order valence-corrected chi connectivity index (χ0v) is 15.8. The van der Waals surface area contributed by atoms with Gasteiger partial charge in [-0.1, -0.05) is 12.1 Å². The first-order valence-electron chi connectivity index (χ1n) is 7.74. The van der Waals surface area contributed by atoms with E-state index >= 15 is 0 Å². The number of aromatic nitrogens is 4. The van der Waals surface area contributed by atoms with Crippen LogP contribution in [0.3, 0.4) is 0 Å². The highest BCUT2D eigenvalue weighted by molar-refractivity contribution is 8.01. The Bertz CT molecular complexity index is 807. The van der Waals surface area contributed by atoms with Gasteiger partial charge in [-0.15, -0.1) is 11.3 Å². The van der Waals surface area contributed by atoms with E-state index in [0.29, 0.717) is 17.1 Å². The SMILES string of the molecule is CCNc1nc(NC(C)(C)C)nc(Sc2nc3ccccc3s2)n1.